The van der Waals surface area contributed by atoms with Crippen molar-refractivity contribution >= 4 is 35.0 Å². The number of fused-ring (bicyclic) bond motifs is 1. The zero-order valence-electron chi connectivity index (χ0n) is 14.3. The Morgan fingerprint density at radius 1 is 1.27 bits per heavy atom. The number of rotatable bonds is 5. The van der Waals surface area contributed by atoms with Crippen LogP contribution in [-0.2, 0) is 29.9 Å². The predicted octanol–water partition coefficient (Wildman–Crippen LogP) is 4.51. The molecule has 2 aromatic rings. The van der Waals surface area contributed by atoms with E-state index in [0.717, 1.165) is 55.0 Å². The van der Waals surface area contributed by atoms with E-state index in [1.807, 2.05) is 16.7 Å². The molecule has 2 heterocycles. The van der Waals surface area contributed by atoms with Crippen molar-refractivity contribution in [1.82, 2.24) is 9.55 Å². The lowest BCUT2D eigenvalue weighted by Crippen LogP contribution is -2.31. The van der Waals surface area contributed by atoms with Gasteiger partial charge in [0.1, 0.15) is 5.03 Å². The van der Waals surface area contributed by atoms with Gasteiger partial charge in [-0.25, -0.2) is 4.79 Å². The predicted molar refractivity (Wildman–Crippen MR) is 106 cm³/mol. The molecule has 0 saturated carbocycles. The Hall–Kier alpha value is -1.01. The minimum atomic E-state index is -0.161. The molecule has 2 aliphatic rings. The van der Waals surface area contributed by atoms with Gasteiger partial charge in [-0.2, -0.15) is 4.98 Å². The van der Waals surface area contributed by atoms with Gasteiger partial charge in [0, 0.05) is 33.7 Å². The highest BCUT2D eigenvalue weighted by Gasteiger charge is 2.25. The molecule has 138 valence electrons. The SMILES string of the molecule is O=c1nc(SCc2ccc(Cl)cc2Cl)c2c(n1CC1CCCO1)CCC2. The molecule has 4 rings (SSSR count). The highest BCUT2D eigenvalue weighted by molar-refractivity contribution is 7.98. The number of hydrogen-bond acceptors (Lipinski definition) is 4. The number of benzene rings is 1. The maximum atomic E-state index is 12.6. The lowest BCUT2D eigenvalue weighted by atomic mass is 10.2. The zero-order valence-corrected chi connectivity index (χ0v) is 16.7. The largest absolute Gasteiger partial charge is 0.376 e. The summed E-state index contributed by atoms with van der Waals surface area (Å²) in [4.78, 5) is 17.0. The van der Waals surface area contributed by atoms with Crippen molar-refractivity contribution in [2.75, 3.05) is 6.61 Å². The normalized spacial score (nSPS) is 19.1. The van der Waals surface area contributed by atoms with Crippen LogP contribution in [0.15, 0.2) is 28.0 Å². The van der Waals surface area contributed by atoms with E-state index in [2.05, 4.69) is 4.98 Å². The van der Waals surface area contributed by atoms with Crippen LogP contribution < -0.4 is 5.69 Å². The number of thioether (sulfide) groups is 1. The van der Waals surface area contributed by atoms with Gasteiger partial charge >= 0.3 is 5.69 Å². The summed E-state index contributed by atoms with van der Waals surface area (Å²) in [7, 11) is 0. The van der Waals surface area contributed by atoms with Crippen LogP contribution in [0.25, 0.3) is 0 Å². The Morgan fingerprint density at radius 2 is 2.15 bits per heavy atom. The minimum absolute atomic E-state index is 0.144. The van der Waals surface area contributed by atoms with Crippen molar-refractivity contribution in [3.63, 3.8) is 0 Å². The van der Waals surface area contributed by atoms with E-state index in [0.29, 0.717) is 22.3 Å². The lowest BCUT2D eigenvalue weighted by Gasteiger charge is -2.17. The second-order valence-electron chi connectivity index (χ2n) is 6.75. The summed E-state index contributed by atoms with van der Waals surface area (Å²) in [5.41, 5.74) is 3.20. The van der Waals surface area contributed by atoms with Crippen LogP contribution in [0.5, 0.6) is 0 Å². The summed E-state index contributed by atoms with van der Waals surface area (Å²) in [5, 5.41) is 2.12. The molecular formula is C19H20Cl2N2O2S. The molecule has 1 aromatic carbocycles. The molecule has 0 radical (unpaired) electrons. The molecule has 1 aromatic heterocycles. The van der Waals surface area contributed by atoms with Crippen molar-refractivity contribution < 1.29 is 4.74 Å². The van der Waals surface area contributed by atoms with Crippen molar-refractivity contribution in [2.45, 2.75) is 55.5 Å². The van der Waals surface area contributed by atoms with Crippen molar-refractivity contribution in [2.24, 2.45) is 0 Å². The van der Waals surface area contributed by atoms with Crippen LogP contribution >= 0.6 is 35.0 Å². The van der Waals surface area contributed by atoms with Crippen LogP contribution in [0, 0.1) is 0 Å². The fraction of sp³-hybridized carbons (Fsp3) is 0.474. The van der Waals surface area contributed by atoms with Gasteiger partial charge in [-0.15, -0.1) is 11.8 Å². The summed E-state index contributed by atoms with van der Waals surface area (Å²) in [6.45, 7) is 1.42. The van der Waals surface area contributed by atoms with Gasteiger partial charge in [0.25, 0.3) is 0 Å². The Bertz CT molecular complexity index is 879. The molecular weight excluding hydrogens is 391 g/mol. The quantitative estimate of drug-likeness (QED) is 0.537. The molecule has 26 heavy (non-hydrogen) atoms. The number of aromatic nitrogens is 2. The maximum absolute atomic E-state index is 12.6. The first-order chi connectivity index (χ1) is 12.6. The standard InChI is InChI=1S/C19H20Cl2N2O2S/c20-13-7-6-12(16(21)9-13)11-26-18-15-4-1-5-17(15)23(19(24)22-18)10-14-3-2-8-25-14/h6-7,9,14H,1-5,8,10-11H2. The van der Waals surface area contributed by atoms with E-state index >= 15 is 0 Å². The number of hydrogen-bond donors (Lipinski definition) is 0. The van der Waals surface area contributed by atoms with E-state index in [1.54, 1.807) is 17.8 Å². The summed E-state index contributed by atoms with van der Waals surface area (Å²) >= 11 is 13.8. The first-order valence-corrected chi connectivity index (χ1v) is 10.7. The first-order valence-electron chi connectivity index (χ1n) is 8.93. The average molecular weight is 411 g/mol. The Morgan fingerprint density at radius 3 is 2.92 bits per heavy atom. The second-order valence-corrected chi connectivity index (χ2v) is 8.56. The summed E-state index contributed by atoms with van der Waals surface area (Å²) in [5.74, 6) is 0.671. The van der Waals surface area contributed by atoms with E-state index in [9.17, 15) is 4.79 Å². The van der Waals surface area contributed by atoms with E-state index < -0.39 is 0 Å². The molecule has 0 bridgehead atoms. The van der Waals surface area contributed by atoms with E-state index in [-0.39, 0.29) is 11.8 Å². The van der Waals surface area contributed by atoms with Crippen LogP contribution in [0.2, 0.25) is 10.0 Å². The van der Waals surface area contributed by atoms with Gasteiger partial charge in [-0.3, -0.25) is 4.57 Å². The van der Waals surface area contributed by atoms with Gasteiger partial charge in [0.15, 0.2) is 0 Å². The summed E-state index contributed by atoms with van der Waals surface area (Å²) < 4.78 is 7.56. The van der Waals surface area contributed by atoms with Gasteiger partial charge < -0.3 is 4.74 Å². The Balaban J connectivity index is 1.58. The monoisotopic (exact) mass is 410 g/mol. The molecule has 7 heteroatoms. The van der Waals surface area contributed by atoms with Crippen LogP contribution in [-0.4, -0.2) is 22.3 Å². The van der Waals surface area contributed by atoms with E-state index in [1.165, 1.54) is 5.56 Å². The van der Waals surface area contributed by atoms with Crippen LogP contribution in [0.3, 0.4) is 0 Å². The fourth-order valence-electron chi connectivity index (χ4n) is 3.67. The number of nitrogens with zero attached hydrogens (tertiary/aromatic N) is 2. The minimum Gasteiger partial charge on any atom is -0.376 e. The molecule has 0 spiro atoms. The molecule has 1 saturated heterocycles. The molecule has 4 nitrogen and oxygen atoms in total. The fourth-order valence-corrected chi connectivity index (χ4v) is 5.31. The highest BCUT2D eigenvalue weighted by atomic mass is 35.5. The summed E-state index contributed by atoms with van der Waals surface area (Å²) in [6.07, 6.45) is 5.23. The van der Waals surface area contributed by atoms with Crippen LogP contribution in [0.1, 0.15) is 36.1 Å². The average Bonchev–Trinajstić information content (AvgIpc) is 3.28. The molecule has 1 aliphatic carbocycles. The smallest absolute Gasteiger partial charge is 0.348 e. The molecule has 1 aliphatic heterocycles. The Kier molecular flexibility index (Phi) is 5.60. The molecule has 1 atom stereocenters. The summed E-state index contributed by atoms with van der Waals surface area (Å²) in [6, 6.07) is 5.51. The maximum Gasteiger partial charge on any atom is 0.348 e. The van der Waals surface area contributed by atoms with Gasteiger partial charge in [0.05, 0.1) is 12.6 Å². The van der Waals surface area contributed by atoms with Crippen molar-refractivity contribution in [3.05, 3.63) is 55.5 Å². The Labute approximate surface area is 166 Å². The molecule has 0 amide bonds. The lowest BCUT2D eigenvalue weighted by molar-refractivity contribution is 0.0950. The third-order valence-electron chi connectivity index (χ3n) is 4.99. The topological polar surface area (TPSA) is 44.1 Å². The molecule has 0 N–H and O–H groups in total. The molecule has 1 fully saturated rings. The van der Waals surface area contributed by atoms with Gasteiger partial charge in [0.2, 0.25) is 0 Å². The first kappa shape index (κ1) is 18.4. The second kappa shape index (κ2) is 7.93. The third-order valence-corrected chi connectivity index (χ3v) is 6.64. The third kappa shape index (κ3) is 3.81. The highest BCUT2D eigenvalue weighted by Crippen LogP contribution is 2.33. The number of ether oxygens (including phenoxy) is 1. The zero-order chi connectivity index (χ0) is 18.1. The van der Waals surface area contributed by atoms with E-state index in [4.69, 9.17) is 27.9 Å². The van der Waals surface area contributed by atoms with Gasteiger partial charge in [-0.1, -0.05) is 29.3 Å². The van der Waals surface area contributed by atoms with Crippen LogP contribution in [0.4, 0.5) is 0 Å². The van der Waals surface area contributed by atoms with Crippen molar-refractivity contribution in [1.29, 1.82) is 0 Å². The number of halogens is 2. The van der Waals surface area contributed by atoms with Gasteiger partial charge in [-0.05, 0) is 49.8 Å². The molecule has 1 unspecified atom stereocenters. The van der Waals surface area contributed by atoms with Crippen molar-refractivity contribution in [3.8, 4) is 0 Å².